The quantitative estimate of drug-likeness (QED) is 0.773. The maximum atomic E-state index is 4.44. The van der Waals surface area contributed by atoms with E-state index in [9.17, 15) is 0 Å². The van der Waals surface area contributed by atoms with Gasteiger partial charge in [-0.2, -0.15) is 0 Å². The molecule has 0 bridgehead atoms. The second-order valence-corrected chi connectivity index (χ2v) is 5.06. The second-order valence-electron chi connectivity index (χ2n) is 5.06. The normalized spacial score (nSPS) is 10.9. The van der Waals surface area contributed by atoms with Crippen molar-refractivity contribution in [1.29, 1.82) is 0 Å². The van der Waals surface area contributed by atoms with Crippen LogP contribution >= 0.6 is 0 Å². The molecule has 0 aliphatic carbocycles. The molecule has 2 aromatic carbocycles. The zero-order chi connectivity index (χ0) is 13.9. The summed E-state index contributed by atoms with van der Waals surface area (Å²) in [7, 11) is 1.97. The SMILES string of the molecule is CNCc1ccc(C)c(-c2cccc3ncccc23)c1. The van der Waals surface area contributed by atoms with E-state index >= 15 is 0 Å². The van der Waals surface area contributed by atoms with Crippen LogP contribution < -0.4 is 5.32 Å². The van der Waals surface area contributed by atoms with Crippen LogP contribution in [0.15, 0.2) is 54.7 Å². The molecule has 0 fully saturated rings. The Kier molecular flexibility index (Phi) is 3.48. The Bertz CT molecular complexity index is 742. The molecule has 1 aromatic heterocycles. The van der Waals surface area contributed by atoms with Gasteiger partial charge >= 0.3 is 0 Å². The van der Waals surface area contributed by atoms with Crippen molar-refractivity contribution in [1.82, 2.24) is 10.3 Å². The van der Waals surface area contributed by atoms with Gasteiger partial charge in [-0.15, -0.1) is 0 Å². The van der Waals surface area contributed by atoms with E-state index in [1.54, 1.807) is 0 Å². The average molecular weight is 262 g/mol. The van der Waals surface area contributed by atoms with Gasteiger partial charge in [0.2, 0.25) is 0 Å². The molecule has 3 rings (SSSR count). The highest BCUT2D eigenvalue weighted by atomic mass is 14.8. The molecule has 20 heavy (non-hydrogen) atoms. The predicted octanol–water partition coefficient (Wildman–Crippen LogP) is 3.93. The number of aromatic nitrogens is 1. The van der Waals surface area contributed by atoms with Crippen LogP contribution in [0.3, 0.4) is 0 Å². The second kappa shape index (κ2) is 5.43. The van der Waals surface area contributed by atoms with Gasteiger partial charge in [0, 0.05) is 18.1 Å². The van der Waals surface area contributed by atoms with Gasteiger partial charge in [0.05, 0.1) is 5.52 Å². The summed E-state index contributed by atoms with van der Waals surface area (Å²) in [4.78, 5) is 4.44. The first kappa shape index (κ1) is 12.8. The largest absolute Gasteiger partial charge is 0.316 e. The molecule has 0 aliphatic heterocycles. The molecule has 0 aliphatic rings. The van der Waals surface area contributed by atoms with Crippen LogP contribution in [0.2, 0.25) is 0 Å². The van der Waals surface area contributed by atoms with Crippen molar-refractivity contribution in [2.24, 2.45) is 0 Å². The minimum absolute atomic E-state index is 0.885. The van der Waals surface area contributed by atoms with E-state index in [0.29, 0.717) is 0 Å². The lowest BCUT2D eigenvalue weighted by Gasteiger charge is -2.11. The van der Waals surface area contributed by atoms with E-state index in [1.165, 1.54) is 27.6 Å². The Hall–Kier alpha value is -2.19. The van der Waals surface area contributed by atoms with Gasteiger partial charge < -0.3 is 5.32 Å². The van der Waals surface area contributed by atoms with Crippen LogP contribution in [0.1, 0.15) is 11.1 Å². The molecule has 0 spiro atoms. The fraction of sp³-hybridized carbons (Fsp3) is 0.167. The average Bonchev–Trinajstić information content (AvgIpc) is 2.49. The highest BCUT2D eigenvalue weighted by molar-refractivity contribution is 5.95. The molecule has 2 nitrogen and oxygen atoms in total. The van der Waals surface area contributed by atoms with Gasteiger partial charge in [-0.1, -0.05) is 30.3 Å². The van der Waals surface area contributed by atoms with Gasteiger partial charge in [-0.3, -0.25) is 4.98 Å². The summed E-state index contributed by atoms with van der Waals surface area (Å²) in [5, 5.41) is 4.42. The first-order chi connectivity index (χ1) is 9.79. The smallest absolute Gasteiger partial charge is 0.0708 e. The standard InChI is InChI=1S/C18H18N2/c1-13-8-9-14(12-19-2)11-17(13)15-5-3-7-18-16(15)6-4-10-20-18/h3-11,19H,12H2,1-2H3. The molecular formula is C18H18N2. The van der Waals surface area contributed by atoms with E-state index in [4.69, 9.17) is 0 Å². The third-order valence-electron chi connectivity index (χ3n) is 3.62. The van der Waals surface area contributed by atoms with Crippen molar-refractivity contribution >= 4 is 10.9 Å². The van der Waals surface area contributed by atoms with Crippen LogP contribution in [0, 0.1) is 6.92 Å². The van der Waals surface area contributed by atoms with Crippen LogP contribution in [0.5, 0.6) is 0 Å². The molecule has 0 amide bonds. The van der Waals surface area contributed by atoms with Gasteiger partial charge in [0.15, 0.2) is 0 Å². The number of benzene rings is 2. The fourth-order valence-corrected chi connectivity index (χ4v) is 2.61. The van der Waals surface area contributed by atoms with E-state index in [2.05, 4.69) is 59.7 Å². The Balaban J connectivity index is 2.22. The number of nitrogens with zero attached hydrogens (tertiary/aromatic N) is 1. The van der Waals surface area contributed by atoms with Crippen molar-refractivity contribution in [3.63, 3.8) is 0 Å². The van der Waals surface area contributed by atoms with Crippen molar-refractivity contribution in [3.05, 3.63) is 65.9 Å². The molecule has 1 heterocycles. The number of rotatable bonds is 3. The molecular weight excluding hydrogens is 244 g/mol. The lowest BCUT2D eigenvalue weighted by Crippen LogP contribution is -2.05. The number of hydrogen-bond donors (Lipinski definition) is 1. The molecule has 0 radical (unpaired) electrons. The summed E-state index contributed by atoms with van der Waals surface area (Å²) < 4.78 is 0. The van der Waals surface area contributed by atoms with Gasteiger partial charge in [0.25, 0.3) is 0 Å². The summed E-state index contributed by atoms with van der Waals surface area (Å²) >= 11 is 0. The van der Waals surface area contributed by atoms with E-state index in [1.807, 2.05) is 19.3 Å². The Morgan fingerprint density at radius 2 is 1.90 bits per heavy atom. The molecule has 3 aromatic rings. The number of nitrogens with one attached hydrogen (secondary N) is 1. The van der Waals surface area contributed by atoms with Gasteiger partial charge in [-0.05, 0) is 54.4 Å². The van der Waals surface area contributed by atoms with Gasteiger partial charge in [0.1, 0.15) is 0 Å². The number of aryl methyl sites for hydroxylation is 1. The van der Waals surface area contributed by atoms with Crippen LogP contribution in [0.25, 0.3) is 22.0 Å². The summed E-state index contributed by atoms with van der Waals surface area (Å²) in [5.41, 5.74) is 6.18. The fourth-order valence-electron chi connectivity index (χ4n) is 2.61. The minimum Gasteiger partial charge on any atom is -0.316 e. The third kappa shape index (κ3) is 2.30. The van der Waals surface area contributed by atoms with Crippen molar-refractivity contribution in [2.75, 3.05) is 7.05 Å². The van der Waals surface area contributed by atoms with Crippen molar-refractivity contribution < 1.29 is 0 Å². The number of fused-ring (bicyclic) bond motifs is 1. The van der Waals surface area contributed by atoms with E-state index in [0.717, 1.165) is 12.1 Å². The summed E-state index contributed by atoms with van der Waals surface area (Å²) in [5.74, 6) is 0. The van der Waals surface area contributed by atoms with Crippen LogP contribution in [0.4, 0.5) is 0 Å². The molecule has 0 saturated carbocycles. The maximum absolute atomic E-state index is 4.44. The molecule has 1 N–H and O–H groups in total. The van der Waals surface area contributed by atoms with Crippen molar-refractivity contribution in [3.8, 4) is 11.1 Å². The van der Waals surface area contributed by atoms with E-state index in [-0.39, 0.29) is 0 Å². The minimum atomic E-state index is 0.885. The van der Waals surface area contributed by atoms with Gasteiger partial charge in [-0.25, -0.2) is 0 Å². The first-order valence-corrected chi connectivity index (χ1v) is 6.88. The third-order valence-corrected chi connectivity index (χ3v) is 3.62. The van der Waals surface area contributed by atoms with Crippen LogP contribution in [-0.4, -0.2) is 12.0 Å². The van der Waals surface area contributed by atoms with Crippen LogP contribution in [-0.2, 0) is 6.54 Å². The Morgan fingerprint density at radius 3 is 2.75 bits per heavy atom. The first-order valence-electron chi connectivity index (χ1n) is 6.88. The predicted molar refractivity (Wildman–Crippen MR) is 84.7 cm³/mol. The lowest BCUT2D eigenvalue weighted by molar-refractivity contribution is 0.818. The summed E-state index contributed by atoms with van der Waals surface area (Å²) in [6.45, 7) is 3.05. The lowest BCUT2D eigenvalue weighted by atomic mass is 9.95. The summed E-state index contributed by atoms with van der Waals surface area (Å²) in [6.07, 6.45) is 1.84. The molecule has 0 saturated heterocycles. The monoisotopic (exact) mass is 262 g/mol. The topological polar surface area (TPSA) is 24.9 Å². The highest BCUT2D eigenvalue weighted by Gasteiger charge is 2.07. The molecule has 100 valence electrons. The van der Waals surface area contributed by atoms with E-state index < -0.39 is 0 Å². The molecule has 0 atom stereocenters. The van der Waals surface area contributed by atoms with Crippen molar-refractivity contribution in [2.45, 2.75) is 13.5 Å². The summed E-state index contributed by atoms with van der Waals surface area (Å²) in [6, 6.07) is 17.1. The Labute approximate surface area is 119 Å². The molecule has 0 unspecified atom stereocenters. The highest BCUT2D eigenvalue weighted by Crippen LogP contribution is 2.30. The number of hydrogen-bond acceptors (Lipinski definition) is 2. The molecule has 2 heteroatoms. The zero-order valence-corrected chi connectivity index (χ0v) is 11.9. The zero-order valence-electron chi connectivity index (χ0n) is 11.9. The number of pyridine rings is 1. The maximum Gasteiger partial charge on any atom is 0.0708 e. The Morgan fingerprint density at radius 1 is 1.00 bits per heavy atom.